The third-order valence-electron chi connectivity index (χ3n) is 3.06. The molecule has 0 saturated carbocycles. The van der Waals surface area contributed by atoms with Crippen molar-refractivity contribution in [1.29, 1.82) is 0 Å². The Bertz CT molecular complexity index is 309. The zero-order chi connectivity index (χ0) is 11.4. The molecule has 0 aromatic heterocycles. The summed E-state index contributed by atoms with van der Waals surface area (Å²) in [6.07, 6.45) is -0.360. The Morgan fingerprint density at radius 2 is 2.06 bits per heavy atom. The summed E-state index contributed by atoms with van der Waals surface area (Å²) in [5.41, 5.74) is 1.40. The van der Waals surface area contributed by atoms with Crippen molar-refractivity contribution < 1.29 is 9.84 Å². The molecule has 1 unspecified atom stereocenters. The lowest BCUT2D eigenvalue weighted by Gasteiger charge is -2.40. The fourth-order valence-electron chi connectivity index (χ4n) is 2.20. The van der Waals surface area contributed by atoms with Gasteiger partial charge in [0.15, 0.2) is 0 Å². The van der Waals surface area contributed by atoms with Crippen molar-refractivity contribution in [1.82, 2.24) is 4.90 Å². The third kappa shape index (κ3) is 2.82. The van der Waals surface area contributed by atoms with E-state index < -0.39 is 0 Å². The fraction of sp³-hybridized carbons (Fsp3) is 0.538. The summed E-state index contributed by atoms with van der Waals surface area (Å²) in [6.45, 7) is 3.24. The largest absolute Gasteiger partial charge is 0.389 e. The van der Waals surface area contributed by atoms with Gasteiger partial charge in [0.25, 0.3) is 0 Å². The van der Waals surface area contributed by atoms with Crippen LogP contribution in [-0.4, -0.2) is 49.5 Å². The van der Waals surface area contributed by atoms with Gasteiger partial charge in [-0.15, -0.1) is 0 Å². The summed E-state index contributed by atoms with van der Waals surface area (Å²) in [4.78, 5) is 2.27. The highest BCUT2D eigenvalue weighted by Gasteiger charge is 2.28. The number of likely N-dealkylation sites (tertiary alicyclic amines) is 1. The Morgan fingerprint density at radius 1 is 1.38 bits per heavy atom. The van der Waals surface area contributed by atoms with Crippen molar-refractivity contribution in [2.75, 3.05) is 33.4 Å². The predicted octanol–water partition coefficient (Wildman–Crippen LogP) is 1.09. The number of nitrogens with zero attached hydrogens (tertiary/aromatic N) is 1. The number of aliphatic hydroxyl groups is 1. The van der Waals surface area contributed by atoms with Gasteiger partial charge >= 0.3 is 0 Å². The van der Waals surface area contributed by atoms with Gasteiger partial charge in [0.1, 0.15) is 0 Å². The zero-order valence-electron chi connectivity index (χ0n) is 9.67. The number of hydrogen-bond donors (Lipinski definition) is 1. The van der Waals surface area contributed by atoms with E-state index in [0.717, 1.165) is 19.6 Å². The van der Waals surface area contributed by atoms with Gasteiger partial charge in [0.2, 0.25) is 0 Å². The van der Waals surface area contributed by atoms with Gasteiger partial charge in [-0.05, 0) is 5.56 Å². The van der Waals surface area contributed by atoms with Crippen molar-refractivity contribution in [2.24, 2.45) is 0 Å². The van der Waals surface area contributed by atoms with Gasteiger partial charge in [-0.2, -0.15) is 0 Å². The molecular weight excluding hydrogens is 202 g/mol. The maximum Gasteiger partial charge on any atom is 0.0900 e. The first-order valence-corrected chi connectivity index (χ1v) is 5.74. The molecule has 1 heterocycles. The SMILES string of the molecule is COCC(O)CN1CC(c2ccccc2)C1. The van der Waals surface area contributed by atoms with E-state index in [1.807, 2.05) is 6.07 Å². The molecule has 0 bridgehead atoms. The average molecular weight is 221 g/mol. The molecule has 1 aromatic rings. The van der Waals surface area contributed by atoms with Crippen molar-refractivity contribution >= 4 is 0 Å². The smallest absolute Gasteiger partial charge is 0.0900 e. The number of rotatable bonds is 5. The highest BCUT2D eigenvalue weighted by atomic mass is 16.5. The molecule has 0 spiro atoms. The van der Waals surface area contributed by atoms with Crippen LogP contribution in [0, 0.1) is 0 Å². The van der Waals surface area contributed by atoms with Crippen LogP contribution in [0.2, 0.25) is 0 Å². The van der Waals surface area contributed by atoms with Gasteiger partial charge in [-0.25, -0.2) is 0 Å². The van der Waals surface area contributed by atoms with Crippen LogP contribution in [0.4, 0.5) is 0 Å². The molecule has 16 heavy (non-hydrogen) atoms. The molecule has 3 nitrogen and oxygen atoms in total. The maximum absolute atomic E-state index is 9.57. The van der Waals surface area contributed by atoms with Gasteiger partial charge in [0, 0.05) is 32.7 Å². The van der Waals surface area contributed by atoms with Crippen LogP contribution in [0.3, 0.4) is 0 Å². The molecule has 3 heteroatoms. The molecule has 0 radical (unpaired) electrons. The Hall–Kier alpha value is -0.900. The lowest BCUT2D eigenvalue weighted by Crippen LogP contribution is -2.48. The first-order chi connectivity index (χ1) is 7.79. The molecule has 1 atom stereocenters. The van der Waals surface area contributed by atoms with Crippen LogP contribution in [0.15, 0.2) is 30.3 Å². The molecule has 1 N–H and O–H groups in total. The number of ether oxygens (including phenoxy) is 1. The van der Waals surface area contributed by atoms with E-state index in [4.69, 9.17) is 4.74 Å². The van der Waals surface area contributed by atoms with E-state index in [-0.39, 0.29) is 6.10 Å². The van der Waals surface area contributed by atoms with Crippen LogP contribution in [0.5, 0.6) is 0 Å². The van der Waals surface area contributed by atoms with E-state index >= 15 is 0 Å². The van der Waals surface area contributed by atoms with E-state index in [0.29, 0.717) is 12.5 Å². The second-order valence-corrected chi connectivity index (χ2v) is 4.44. The van der Waals surface area contributed by atoms with Gasteiger partial charge in [0.05, 0.1) is 12.7 Å². The second-order valence-electron chi connectivity index (χ2n) is 4.44. The molecule has 2 rings (SSSR count). The minimum atomic E-state index is -0.360. The Balaban J connectivity index is 1.74. The number of β-amino-alcohol motifs (C(OH)–C–C–N with tert-alkyl or cyclic N) is 1. The van der Waals surface area contributed by atoms with Crippen molar-refractivity contribution in [3.05, 3.63) is 35.9 Å². The highest BCUT2D eigenvalue weighted by Crippen LogP contribution is 2.26. The standard InChI is InChI=1S/C13H19NO2/c1-16-10-13(15)9-14-7-12(8-14)11-5-3-2-4-6-11/h2-6,12-13,15H,7-10H2,1H3. The lowest BCUT2D eigenvalue weighted by molar-refractivity contribution is 0.0160. The Labute approximate surface area is 96.6 Å². The summed E-state index contributed by atoms with van der Waals surface area (Å²) in [5, 5.41) is 9.57. The summed E-state index contributed by atoms with van der Waals surface area (Å²) >= 11 is 0. The van der Waals surface area contributed by atoms with Crippen LogP contribution < -0.4 is 0 Å². The highest BCUT2D eigenvalue weighted by molar-refractivity contribution is 5.22. The average Bonchev–Trinajstić information content (AvgIpc) is 2.24. The number of methoxy groups -OCH3 is 1. The zero-order valence-corrected chi connectivity index (χ0v) is 9.67. The Morgan fingerprint density at radius 3 is 2.69 bits per heavy atom. The van der Waals surface area contributed by atoms with E-state index in [1.54, 1.807) is 7.11 Å². The second kappa shape index (κ2) is 5.43. The number of hydrogen-bond acceptors (Lipinski definition) is 3. The maximum atomic E-state index is 9.57. The van der Waals surface area contributed by atoms with Crippen molar-refractivity contribution in [3.63, 3.8) is 0 Å². The van der Waals surface area contributed by atoms with Crippen LogP contribution in [0.25, 0.3) is 0 Å². The summed E-state index contributed by atoms with van der Waals surface area (Å²) < 4.78 is 4.91. The summed E-state index contributed by atoms with van der Waals surface area (Å²) in [6, 6.07) is 10.6. The molecule has 88 valence electrons. The number of benzene rings is 1. The molecule has 1 fully saturated rings. The minimum absolute atomic E-state index is 0.360. The van der Waals surface area contributed by atoms with Crippen LogP contribution in [0.1, 0.15) is 11.5 Å². The molecule has 0 amide bonds. The number of aliphatic hydroxyl groups excluding tert-OH is 1. The first kappa shape index (κ1) is 11.6. The minimum Gasteiger partial charge on any atom is -0.389 e. The normalized spacial score (nSPS) is 19.4. The fourth-order valence-corrected chi connectivity index (χ4v) is 2.20. The van der Waals surface area contributed by atoms with Gasteiger partial charge in [-0.3, -0.25) is 4.90 Å². The molecule has 1 aromatic carbocycles. The van der Waals surface area contributed by atoms with E-state index in [2.05, 4.69) is 29.2 Å². The molecule has 1 aliphatic rings. The van der Waals surface area contributed by atoms with Crippen LogP contribution in [-0.2, 0) is 4.74 Å². The van der Waals surface area contributed by atoms with Gasteiger partial charge in [-0.1, -0.05) is 30.3 Å². The van der Waals surface area contributed by atoms with E-state index in [1.165, 1.54) is 5.56 Å². The van der Waals surface area contributed by atoms with Gasteiger partial charge < -0.3 is 9.84 Å². The Kier molecular flexibility index (Phi) is 3.93. The molecule has 1 aliphatic heterocycles. The monoisotopic (exact) mass is 221 g/mol. The third-order valence-corrected chi connectivity index (χ3v) is 3.06. The summed E-state index contributed by atoms with van der Waals surface area (Å²) in [5.74, 6) is 0.635. The molecule has 1 saturated heterocycles. The van der Waals surface area contributed by atoms with Crippen LogP contribution >= 0.6 is 0 Å². The van der Waals surface area contributed by atoms with Crippen molar-refractivity contribution in [3.8, 4) is 0 Å². The summed E-state index contributed by atoms with van der Waals surface area (Å²) in [7, 11) is 1.62. The first-order valence-electron chi connectivity index (χ1n) is 5.74. The topological polar surface area (TPSA) is 32.7 Å². The molecular formula is C13H19NO2. The molecule has 0 aliphatic carbocycles. The van der Waals surface area contributed by atoms with E-state index in [9.17, 15) is 5.11 Å². The lowest BCUT2D eigenvalue weighted by atomic mass is 9.91. The predicted molar refractivity (Wildman–Crippen MR) is 63.5 cm³/mol. The quantitative estimate of drug-likeness (QED) is 0.808. The van der Waals surface area contributed by atoms with Crippen molar-refractivity contribution in [2.45, 2.75) is 12.0 Å².